The van der Waals surface area contributed by atoms with E-state index in [-0.39, 0.29) is 12.1 Å². The van der Waals surface area contributed by atoms with Gasteiger partial charge in [0.25, 0.3) is 0 Å². The highest BCUT2D eigenvalue weighted by atomic mass is 35.5. The fourth-order valence-electron chi connectivity index (χ4n) is 3.90. The van der Waals surface area contributed by atoms with Crippen LogP contribution in [0.15, 0.2) is 78.9 Å². The molecule has 0 unspecified atom stereocenters. The summed E-state index contributed by atoms with van der Waals surface area (Å²) in [4.78, 5) is 15.0. The maximum Gasteiger partial charge on any atom is 0.318 e. The van der Waals surface area contributed by atoms with Gasteiger partial charge in [-0.15, -0.1) is 0 Å². The third kappa shape index (κ3) is 6.62. The number of hydrogen-bond donors (Lipinski definition) is 1. The zero-order valence-electron chi connectivity index (χ0n) is 21.4. The van der Waals surface area contributed by atoms with E-state index in [1.165, 1.54) is 0 Å². The number of aryl methyl sites for hydroxylation is 1. The van der Waals surface area contributed by atoms with E-state index in [1.54, 1.807) is 16.7 Å². The molecule has 0 aliphatic rings. The van der Waals surface area contributed by atoms with E-state index in [0.29, 0.717) is 29.7 Å². The van der Waals surface area contributed by atoms with Crippen LogP contribution in [-0.2, 0) is 13.1 Å². The average Bonchev–Trinajstić information content (AvgIpc) is 3.19. The van der Waals surface area contributed by atoms with Gasteiger partial charge in [0, 0.05) is 17.6 Å². The first-order valence-electron chi connectivity index (χ1n) is 12.1. The molecule has 8 heteroatoms. The number of halogens is 1. The van der Waals surface area contributed by atoms with Gasteiger partial charge < -0.3 is 19.7 Å². The average molecular weight is 519 g/mol. The maximum atomic E-state index is 13.3. The zero-order chi connectivity index (χ0) is 26.4. The molecule has 3 aromatic carbocycles. The summed E-state index contributed by atoms with van der Waals surface area (Å²) in [5.74, 6) is 1.86. The molecule has 0 spiro atoms. The van der Waals surface area contributed by atoms with Gasteiger partial charge in [0.1, 0.15) is 11.5 Å². The molecule has 4 rings (SSSR count). The van der Waals surface area contributed by atoms with Gasteiger partial charge in [0.05, 0.1) is 30.6 Å². The summed E-state index contributed by atoms with van der Waals surface area (Å²) in [6, 6.07) is 24.5. The van der Waals surface area contributed by atoms with Gasteiger partial charge >= 0.3 is 6.03 Å². The van der Waals surface area contributed by atoms with Crippen molar-refractivity contribution in [1.29, 1.82) is 0 Å². The summed E-state index contributed by atoms with van der Waals surface area (Å²) in [7, 11) is 1.62. The molecule has 0 fully saturated rings. The van der Waals surface area contributed by atoms with Crippen molar-refractivity contribution in [3.8, 4) is 23.1 Å². The maximum absolute atomic E-state index is 13.3. The second-order valence-corrected chi connectivity index (χ2v) is 9.42. The molecule has 192 valence electrons. The molecule has 1 N–H and O–H groups in total. The van der Waals surface area contributed by atoms with Crippen LogP contribution in [0.5, 0.6) is 17.4 Å². The fourth-order valence-corrected chi connectivity index (χ4v) is 4.08. The minimum absolute atomic E-state index is 0.00364. The normalized spacial score (nSPS) is 10.9. The molecule has 1 aromatic heterocycles. The number of carbonyl (C=O) groups is 1. The van der Waals surface area contributed by atoms with E-state index in [1.807, 2.05) is 99.6 Å². The summed E-state index contributed by atoms with van der Waals surface area (Å²) in [6.07, 6.45) is 0. The highest BCUT2D eigenvalue weighted by Gasteiger charge is 2.24. The number of hydrogen-bond acceptors (Lipinski definition) is 4. The van der Waals surface area contributed by atoms with Crippen molar-refractivity contribution in [2.75, 3.05) is 7.11 Å². The Balaban J connectivity index is 1.76. The van der Waals surface area contributed by atoms with E-state index in [0.717, 1.165) is 28.3 Å². The van der Waals surface area contributed by atoms with Crippen LogP contribution in [0.1, 0.15) is 30.7 Å². The van der Waals surface area contributed by atoms with Crippen LogP contribution >= 0.6 is 11.6 Å². The standard InChI is InChI=1S/C29H31ClN4O3/c1-20(2)31-29(35)33(18-22-9-6-5-7-10-22)19-27-21(3)32-34(24-12-8-11-23(30)17-24)28(27)37-26-15-13-25(36-4)14-16-26/h5-17,20H,18-19H2,1-4H3,(H,31,35). The van der Waals surface area contributed by atoms with Gasteiger partial charge in [-0.3, -0.25) is 0 Å². The van der Waals surface area contributed by atoms with Gasteiger partial charge in [0.2, 0.25) is 5.88 Å². The fraction of sp³-hybridized carbons (Fsp3) is 0.241. The van der Waals surface area contributed by atoms with Crippen molar-refractivity contribution < 1.29 is 14.3 Å². The molecular weight excluding hydrogens is 488 g/mol. The molecular formula is C29H31ClN4O3. The van der Waals surface area contributed by atoms with Crippen LogP contribution in [0.3, 0.4) is 0 Å². The molecule has 0 aliphatic carbocycles. The first-order chi connectivity index (χ1) is 17.8. The highest BCUT2D eigenvalue weighted by molar-refractivity contribution is 6.30. The number of amides is 2. The number of methoxy groups -OCH3 is 1. The molecule has 37 heavy (non-hydrogen) atoms. The lowest BCUT2D eigenvalue weighted by molar-refractivity contribution is 0.189. The third-order valence-corrected chi connectivity index (χ3v) is 5.96. The minimum atomic E-state index is -0.163. The predicted molar refractivity (Wildman–Crippen MR) is 146 cm³/mol. The van der Waals surface area contributed by atoms with Gasteiger partial charge in [-0.1, -0.05) is 48.0 Å². The summed E-state index contributed by atoms with van der Waals surface area (Å²) in [5.41, 5.74) is 3.33. The first kappa shape index (κ1) is 26.1. The van der Waals surface area contributed by atoms with Crippen LogP contribution in [-0.4, -0.2) is 33.9 Å². The lowest BCUT2D eigenvalue weighted by Gasteiger charge is -2.25. The Labute approximate surface area is 222 Å². The largest absolute Gasteiger partial charge is 0.497 e. The van der Waals surface area contributed by atoms with E-state index in [9.17, 15) is 4.79 Å². The Hall–Kier alpha value is -3.97. The van der Waals surface area contributed by atoms with Crippen LogP contribution in [0, 0.1) is 6.92 Å². The molecule has 2 amide bonds. The second kappa shape index (κ2) is 11.8. The summed E-state index contributed by atoms with van der Waals surface area (Å²) < 4.78 is 13.4. The Morgan fingerprint density at radius 1 is 1.00 bits per heavy atom. The van der Waals surface area contributed by atoms with Crippen LogP contribution in [0.2, 0.25) is 5.02 Å². The van der Waals surface area contributed by atoms with Gasteiger partial charge in [-0.05, 0) is 68.8 Å². The Morgan fingerprint density at radius 3 is 2.35 bits per heavy atom. The summed E-state index contributed by atoms with van der Waals surface area (Å²) >= 11 is 6.29. The van der Waals surface area contributed by atoms with Crippen LogP contribution in [0.25, 0.3) is 5.69 Å². The molecule has 1 heterocycles. The smallest absolute Gasteiger partial charge is 0.318 e. The van der Waals surface area contributed by atoms with Gasteiger partial charge in [0.15, 0.2) is 0 Å². The van der Waals surface area contributed by atoms with Crippen molar-refractivity contribution in [2.24, 2.45) is 0 Å². The topological polar surface area (TPSA) is 68.6 Å². The summed E-state index contributed by atoms with van der Waals surface area (Å²) in [5, 5.41) is 8.39. The number of nitrogens with zero attached hydrogens (tertiary/aromatic N) is 3. The van der Waals surface area contributed by atoms with Crippen molar-refractivity contribution in [3.63, 3.8) is 0 Å². The van der Waals surface area contributed by atoms with E-state index >= 15 is 0 Å². The number of carbonyl (C=O) groups excluding carboxylic acids is 1. The quantitative estimate of drug-likeness (QED) is 0.266. The van der Waals surface area contributed by atoms with E-state index in [2.05, 4.69) is 5.32 Å². The molecule has 0 atom stereocenters. The molecule has 0 aliphatic heterocycles. The van der Waals surface area contributed by atoms with Crippen molar-refractivity contribution in [3.05, 3.63) is 101 Å². The number of urea groups is 1. The third-order valence-electron chi connectivity index (χ3n) is 5.73. The van der Waals surface area contributed by atoms with Gasteiger partial charge in [-0.25, -0.2) is 9.48 Å². The van der Waals surface area contributed by atoms with Crippen LogP contribution in [0.4, 0.5) is 4.79 Å². The van der Waals surface area contributed by atoms with E-state index in [4.69, 9.17) is 26.2 Å². The first-order valence-corrected chi connectivity index (χ1v) is 12.5. The molecule has 0 saturated heterocycles. The number of aromatic nitrogens is 2. The number of ether oxygens (including phenoxy) is 2. The van der Waals surface area contributed by atoms with Crippen molar-refractivity contribution in [1.82, 2.24) is 20.0 Å². The number of benzene rings is 3. The van der Waals surface area contributed by atoms with Crippen molar-refractivity contribution in [2.45, 2.75) is 39.9 Å². The molecule has 0 saturated carbocycles. The van der Waals surface area contributed by atoms with Crippen LogP contribution < -0.4 is 14.8 Å². The molecule has 4 aromatic rings. The Morgan fingerprint density at radius 2 is 1.70 bits per heavy atom. The highest BCUT2D eigenvalue weighted by Crippen LogP contribution is 2.33. The SMILES string of the molecule is COc1ccc(Oc2c(CN(Cc3ccccc3)C(=O)NC(C)C)c(C)nn2-c2cccc(Cl)c2)cc1. The van der Waals surface area contributed by atoms with Gasteiger partial charge in [-0.2, -0.15) is 5.10 Å². The summed E-state index contributed by atoms with van der Waals surface area (Å²) in [6.45, 7) is 6.53. The Kier molecular flexibility index (Phi) is 8.36. The monoisotopic (exact) mass is 518 g/mol. The Bertz CT molecular complexity index is 1340. The lowest BCUT2D eigenvalue weighted by atomic mass is 10.2. The molecule has 0 radical (unpaired) electrons. The number of nitrogens with one attached hydrogen (secondary N) is 1. The lowest BCUT2D eigenvalue weighted by Crippen LogP contribution is -2.42. The minimum Gasteiger partial charge on any atom is -0.497 e. The predicted octanol–water partition coefficient (Wildman–Crippen LogP) is 6.76. The number of rotatable bonds is 9. The molecule has 7 nitrogen and oxygen atoms in total. The van der Waals surface area contributed by atoms with Crippen molar-refractivity contribution >= 4 is 17.6 Å². The molecule has 0 bridgehead atoms. The van der Waals surface area contributed by atoms with E-state index < -0.39 is 0 Å². The zero-order valence-corrected chi connectivity index (χ0v) is 22.2. The second-order valence-electron chi connectivity index (χ2n) is 8.98.